The second-order valence-corrected chi connectivity index (χ2v) is 4.48. The van der Waals surface area contributed by atoms with Gasteiger partial charge in [-0.3, -0.25) is 4.90 Å². The fourth-order valence-electron chi connectivity index (χ4n) is 1.96. The van der Waals surface area contributed by atoms with E-state index in [0.717, 1.165) is 12.3 Å². The average Bonchev–Trinajstić information content (AvgIpc) is 2.37. The zero-order valence-electron chi connectivity index (χ0n) is 11.4. The summed E-state index contributed by atoms with van der Waals surface area (Å²) in [6.07, 6.45) is 3.78. The molecule has 0 aliphatic carbocycles. The molecule has 0 spiro atoms. The van der Waals surface area contributed by atoms with Gasteiger partial charge in [-0.05, 0) is 43.6 Å². The van der Waals surface area contributed by atoms with Crippen molar-refractivity contribution in [2.45, 2.75) is 39.7 Å². The minimum Gasteiger partial charge on any atom is -0.497 e. The largest absolute Gasteiger partial charge is 0.497 e. The maximum Gasteiger partial charge on any atom is 0.118 e. The van der Waals surface area contributed by atoms with E-state index in [1.807, 2.05) is 12.1 Å². The molecule has 0 bridgehead atoms. The molecular formula is C15H25NO. The zero-order valence-corrected chi connectivity index (χ0v) is 11.4. The summed E-state index contributed by atoms with van der Waals surface area (Å²) in [5.41, 5.74) is 1.37. The molecule has 0 radical (unpaired) electrons. The average molecular weight is 235 g/mol. The van der Waals surface area contributed by atoms with Crippen LogP contribution in [0.25, 0.3) is 0 Å². The fourth-order valence-corrected chi connectivity index (χ4v) is 1.96. The topological polar surface area (TPSA) is 12.5 Å². The van der Waals surface area contributed by atoms with Crippen LogP contribution < -0.4 is 4.74 Å². The number of nitrogens with zero attached hydrogens (tertiary/aromatic N) is 1. The summed E-state index contributed by atoms with van der Waals surface area (Å²) in [7, 11) is 1.71. The van der Waals surface area contributed by atoms with Gasteiger partial charge in [-0.15, -0.1) is 0 Å². The SMILES string of the molecule is CCCCN(CCC)Cc1ccc(OC)cc1. The van der Waals surface area contributed by atoms with Crippen molar-refractivity contribution in [1.29, 1.82) is 0 Å². The van der Waals surface area contributed by atoms with Gasteiger partial charge in [0.05, 0.1) is 7.11 Å². The maximum absolute atomic E-state index is 5.17. The summed E-state index contributed by atoms with van der Waals surface area (Å²) < 4.78 is 5.17. The molecule has 2 nitrogen and oxygen atoms in total. The summed E-state index contributed by atoms with van der Waals surface area (Å²) in [6.45, 7) is 7.94. The third-order valence-electron chi connectivity index (χ3n) is 2.93. The third-order valence-corrected chi connectivity index (χ3v) is 2.93. The Balaban J connectivity index is 2.51. The Morgan fingerprint density at radius 1 is 1.00 bits per heavy atom. The Hall–Kier alpha value is -1.02. The van der Waals surface area contributed by atoms with Crippen molar-refractivity contribution in [3.63, 3.8) is 0 Å². The lowest BCUT2D eigenvalue weighted by Gasteiger charge is -2.21. The molecule has 0 N–H and O–H groups in total. The van der Waals surface area contributed by atoms with Crippen LogP contribution >= 0.6 is 0 Å². The van der Waals surface area contributed by atoms with E-state index in [9.17, 15) is 0 Å². The van der Waals surface area contributed by atoms with Crippen LogP contribution in [0.3, 0.4) is 0 Å². The van der Waals surface area contributed by atoms with Gasteiger partial charge in [0, 0.05) is 6.54 Å². The summed E-state index contributed by atoms with van der Waals surface area (Å²) in [4.78, 5) is 2.53. The molecule has 1 aromatic rings. The standard InChI is InChI=1S/C15H25NO/c1-4-6-12-16(11-5-2)13-14-7-9-15(17-3)10-8-14/h7-10H,4-6,11-13H2,1-3H3. The minimum atomic E-state index is 0.935. The number of methoxy groups -OCH3 is 1. The van der Waals surface area contributed by atoms with Crippen molar-refractivity contribution in [3.05, 3.63) is 29.8 Å². The predicted molar refractivity (Wildman–Crippen MR) is 73.5 cm³/mol. The fraction of sp³-hybridized carbons (Fsp3) is 0.600. The van der Waals surface area contributed by atoms with Gasteiger partial charge in [-0.2, -0.15) is 0 Å². The number of hydrogen-bond donors (Lipinski definition) is 0. The normalized spacial score (nSPS) is 10.8. The van der Waals surface area contributed by atoms with Crippen LogP contribution in [0.15, 0.2) is 24.3 Å². The second-order valence-electron chi connectivity index (χ2n) is 4.48. The molecule has 0 fully saturated rings. The van der Waals surface area contributed by atoms with Crippen LogP contribution in [0.2, 0.25) is 0 Å². The molecule has 0 atom stereocenters. The number of rotatable bonds is 8. The molecule has 0 heterocycles. The van der Waals surface area contributed by atoms with Gasteiger partial charge >= 0.3 is 0 Å². The number of hydrogen-bond acceptors (Lipinski definition) is 2. The highest BCUT2D eigenvalue weighted by Gasteiger charge is 2.04. The van der Waals surface area contributed by atoms with E-state index < -0.39 is 0 Å². The van der Waals surface area contributed by atoms with Crippen molar-refractivity contribution < 1.29 is 4.74 Å². The van der Waals surface area contributed by atoms with E-state index in [1.54, 1.807) is 7.11 Å². The Morgan fingerprint density at radius 2 is 1.71 bits per heavy atom. The van der Waals surface area contributed by atoms with Crippen molar-refractivity contribution in [2.24, 2.45) is 0 Å². The van der Waals surface area contributed by atoms with Crippen LogP contribution in [0.5, 0.6) is 5.75 Å². The molecule has 0 aliphatic heterocycles. The van der Waals surface area contributed by atoms with Crippen LogP contribution in [0.1, 0.15) is 38.7 Å². The van der Waals surface area contributed by atoms with Crippen LogP contribution in [0.4, 0.5) is 0 Å². The van der Waals surface area contributed by atoms with Gasteiger partial charge in [0.25, 0.3) is 0 Å². The first-order valence-electron chi connectivity index (χ1n) is 6.65. The second kappa shape index (κ2) is 8.13. The lowest BCUT2D eigenvalue weighted by molar-refractivity contribution is 0.261. The van der Waals surface area contributed by atoms with E-state index in [0.29, 0.717) is 0 Å². The van der Waals surface area contributed by atoms with Gasteiger partial charge in [-0.1, -0.05) is 32.4 Å². The zero-order chi connectivity index (χ0) is 12.5. The van der Waals surface area contributed by atoms with Gasteiger partial charge in [0.1, 0.15) is 5.75 Å². The lowest BCUT2D eigenvalue weighted by Crippen LogP contribution is -2.25. The van der Waals surface area contributed by atoms with Gasteiger partial charge < -0.3 is 4.74 Å². The van der Waals surface area contributed by atoms with E-state index in [-0.39, 0.29) is 0 Å². The van der Waals surface area contributed by atoms with Crippen molar-refractivity contribution >= 4 is 0 Å². The Kier molecular flexibility index (Phi) is 6.71. The van der Waals surface area contributed by atoms with Crippen molar-refractivity contribution in [2.75, 3.05) is 20.2 Å². The maximum atomic E-state index is 5.17. The van der Waals surface area contributed by atoms with Crippen molar-refractivity contribution in [3.8, 4) is 5.75 Å². The molecule has 0 aromatic heterocycles. The molecular weight excluding hydrogens is 210 g/mol. The number of ether oxygens (including phenoxy) is 1. The van der Waals surface area contributed by atoms with E-state index in [1.165, 1.54) is 37.9 Å². The predicted octanol–water partition coefficient (Wildman–Crippen LogP) is 3.71. The molecule has 2 heteroatoms. The molecule has 96 valence electrons. The number of benzene rings is 1. The smallest absolute Gasteiger partial charge is 0.118 e. The summed E-state index contributed by atoms with van der Waals surface area (Å²) in [6, 6.07) is 8.40. The van der Waals surface area contributed by atoms with E-state index in [4.69, 9.17) is 4.74 Å². The molecule has 0 amide bonds. The van der Waals surface area contributed by atoms with Crippen LogP contribution in [0, 0.1) is 0 Å². The summed E-state index contributed by atoms with van der Waals surface area (Å²) >= 11 is 0. The number of unbranched alkanes of at least 4 members (excludes halogenated alkanes) is 1. The van der Waals surface area contributed by atoms with E-state index in [2.05, 4.69) is 30.9 Å². The highest BCUT2D eigenvalue weighted by atomic mass is 16.5. The highest BCUT2D eigenvalue weighted by molar-refractivity contribution is 5.27. The molecule has 0 aliphatic rings. The first kappa shape index (κ1) is 14.0. The van der Waals surface area contributed by atoms with E-state index >= 15 is 0 Å². The highest BCUT2D eigenvalue weighted by Crippen LogP contribution is 2.13. The van der Waals surface area contributed by atoms with Crippen LogP contribution in [-0.4, -0.2) is 25.1 Å². The lowest BCUT2D eigenvalue weighted by atomic mass is 10.2. The molecule has 0 saturated carbocycles. The van der Waals surface area contributed by atoms with Gasteiger partial charge in [-0.25, -0.2) is 0 Å². The monoisotopic (exact) mass is 235 g/mol. The molecule has 0 unspecified atom stereocenters. The van der Waals surface area contributed by atoms with Crippen LogP contribution in [-0.2, 0) is 6.54 Å². The summed E-state index contributed by atoms with van der Waals surface area (Å²) in [5.74, 6) is 0.935. The molecule has 1 rings (SSSR count). The minimum absolute atomic E-state index is 0.935. The Labute approximate surface area is 106 Å². The van der Waals surface area contributed by atoms with Gasteiger partial charge in [0.15, 0.2) is 0 Å². The first-order valence-corrected chi connectivity index (χ1v) is 6.65. The summed E-state index contributed by atoms with van der Waals surface area (Å²) in [5, 5.41) is 0. The third kappa shape index (κ3) is 5.22. The Bertz CT molecular complexity index is 294. The van der Waals surface area contributed by atoms with Crippen molar-refractivity contribution in [1.82, 2.24) is 4.90 Å². The van der Waals surface area contributed by atoms with Gasteiger partial charge in [0.2, 0.25) is 0 Å². The molecule has 0 saturated heterocycles. The molecule has 17 heavy (non-hydrogen) atoms. The molecule has 1 aromatic carbocycles. The quantitative estimate of drug-likeness (QED) is 0.681. The Morgan fingerprint density at radius 3 is 2.24 bits per heavy atom. The first-order chi connectivity index (χ1) is 8.30.